The fourth-order valence-electron chi connectivity index (χ4n) is 1.88. The van der Waals surface area contributed by atoms with E-state index in [1.165, 1.54) is 0 Å². The molecule has 0 saturated carbocycles. The molecule has 4 heteroatoms. The number of hydrogen-bond acceptors (Lipinski definition) is 4. The summed E-state index contributed by atoms with van der Waals surface area (Å²) in [5.74, 6) is 1.09. The molecule has 0 aliphatic heterocycles. The highest BCUT2D eigenvalue weighted by Gasteiger charge is 2.21. The maximum absolute atomic E-state index is 9.47. The van der Waals surface area contributed by atoms with Crippen molar-refractivity contribution in [1.82, 2.24) is 10.3 Å². The Morgan fingerprint density at radius 1 is 1.37 bits per heavy atom. The molecule has 0 aliphatic rings. The zero-order chi connectivity index (χ0) is 14.0. The van der Waals surface area contributed by atoms with Gasteiger partial charge in [0.05, 0.1) is 11.6 Å². The molecular weight excluding hydrogens is 256 g/mol. The number of hydrogen-bond donors (Lipinski definition) is 2. The van der Waals surface area contributed by atoms with E-state index in [4.69, 9.17) is 0 Å². The number of unbranched alkanes of at least 4 members (excludes halogenated alkanes) is 1. The number of nitrogens with zero attached hydrogens (tertiary/aromatic N) is 1. The average molecular weight is 282 g/mol. The lowest BCUT2D eigenvalue weighted by Crippen LogP contribution is -2.46. The molecule has 0 bridgehead atoms. The number of aliphatic hydroxyl groups excluding tert-OH is 1. The predicted molar refractivity (Wildman–Crippen MR) is 82.6 cm³/mol. The minimum atomic E-state index is -0.119. The first kappa shape index (κ1) is 16.5. The third kappa shape index (κ3) is 6.95. The van der Waals surface area contributed by atoms with Crippen molar-refractivity contribution in [1.29, 1.82) is 0 Å². The fourth-order valence-corrected chi connectivity index (χ4v) is 2.74. The van der Waals surface area contributed by atoms with Gasteiger partial charge < -0.3 is 10.4 Å². The molecule has 0 radical (unpaired) electrons. The molecule has 0 saturated heterocycles. The van der Waals surface area contributed by atoms with Crippen LogP contribution in [0, 0.1) is 0 Å². The maximum atomic E-state index is 9.47. The van der Waals surface area contributed by atoms with Crippen molar-refractivity contribution in [2.45, 2.75) is 50.1 Å². The lowest BCUT2D eigenvalue weighted by Gasteiger charge is -2.28. The molecule has 0 aliphatic carbocycles. The largest absolute Gasteiger partial charge is 0.394 e. The number of thioether (sulfide) groups is 1. The van der Waals surface area contributed by atoms with Crippen LogP contribution >= 0.6 is 11.8 Å². The summed E-state index contributed by atoms with van der Waals surface area (Å²) in [6, 6.07) is 6.01. The number of aromatic nitrogens is 1. The van der Waals surface area contributed by atoms with E-state index in [1.807, 2.05) is 24.4 Å². The van der Waals surface area contributed by atoms with E-state index in [0.29, 0.717) is 0 Å². The summed E-state index contributed by atoms with van der Waals surface area (Å²) in [4.78, 5) is 4.29. The summed E-state index contributed by atoms with van der Waals surface area (Å²) in [6.07, 6.45) is 6.25. The second-order valence-corrected chi connectivity index (χ2v) is 6.23. The molecular formula is C15H26N2OS. The SMILES string of the molecule is CCCNC(C)(CO)CCCCSc1ccccn1. The molecule has 1 heterocycles. The van der Waals surface area contributed by atoms with Crippen LogP contribution in [-0.4, -0.2) is 34.5 Å². The quantitative estimate of drug-likeness (QED) is 0.511. The topological polar surface area (TPSA) is 45.1 Å². The van der Waals surface area contributed by atoms with Gasteiger partial charge >= 0.3 is 0 Å². The molecule has 0 spiro atoms. The van der Waals surface area contributed by atoms with E-state index in [1.54, 1.807) is 11.8 Å². The molecule has 108 valence electrons. The molecule has 0 aromatic carbocycles. The summed E-state index contributed by atoms with van der Waals surface area (Å²) < 4.78 is 0. The average Bonchev–Trinajstić information content (AvgIpc) is 2.46. The zero-order valence-electron chi connectivity index (χ0n) is 12.1. The number of rotatable bonds is 10. The van der Waals surface area contributed by atoms with Crippen LogP contribution in [0.4, 0.5) is 0 Å². The van der Waals surface area contributed by atoms with Crippen LogP contribution in [0.3, 0.4) is 0 Å². The summed E-state index contributed by atoms with van der Waals surface area (Å²) in [5, 5.41) is 14.0. The van der Waals surface area contributed by atoms with Gasteiger partial charge in [-0.05, 0) is 50.6 Å². The predicted octanol–water partition coefficient (Wildman–Crippen LogP) is 3.09. The van der Waals surface area contributed by atoms with Crippen LogP contribution in [-0.2, 0) is 0 Å². The van der Waals surface area contributed by atoms with Gasteiger partial charge in [-0.15, -0.1) is 11.8 Å². The van der Waals surface area contributed by atoms with Crippen molar-refractivity contribution in [3.05, 3.63) is 24.4 Å². The van der Waals surface area contributed by atoms with Crippen molar-refractivity contribution in [3.63, 3.8) is 0 Å². The first-order valence-corrected chi connectivity index (χ1v) is 8.08. The smallest absolute Gasteiger partial charge is 0.0959 e. The molecule has 1 aromatic heterocycles. The maximum Gasteiger partial charge on any atom is 0.0959 e. The molecule has 0 fully saturated rings. The highest BCUT2D eigenvalue weighted by molar-refractivity contribution is 7.99. The molecule has 1 atom stereocenters. The Hall–Kier alpha value is -0.580. The Bertz CT molecular complexity index is 334. The van der Waals surface area contributed by atoms with Crippen molar-refractivity contribution >= 4 is 11.8 Å². The third-order valence-electron chi connectivity index (χ3n) is 3.16. The van der Waals surface area contributed by atoms with Crippen LogP contribution in [0.15, 0.2) is 29.4 Å². The molecule has 1 aromatic rings. The molecule has 3 nitrogen and oxygen atoms in total. The third-order valence-corrected chi connectivity index (χ3v) is 4.19. The van der Waals surface area contributed by atoms with Gasteiger partial charge in [0.1, 0.15) is 0 Å². The van der Waals surface area contributed by atoms with Crippen molar-refractivity contribution in [3.8, 4) is 0 Å². The Morgan fingerprint density at radius 2 is 2.21 bits per heavy atom. The van der Waals surface area contributed by atoms with Gasteiger partial charge in [0.25, 0.3) is 0 Å². The lowest BCUT2D eigenvalue weighted by atomic mass is 9.96. The second kappa shape index (κ2) is 9.34. The van der Waals surface area contributed by atoms with Crippen LogP contribution < -0.4 is 5.32 Å². The van der Waals surface area contributed by atoms with Gasteiger partial charge in [0.2, 0.25) is 0 Å². The lowest BCUT2D eigenvalue weighted by molar-refractivity contribution is 0.163. The molecule has 1 unspecified atom stereocenters. The van der Waals surface area contributed by atoms with Gasteiger partial charge in [0.15, 0.2) is 0 Å². The van der Waals surface area contributed by atoms with Crippen molar-refractivity contribution < 1.29 is 5.11 Å². The van der Waals surface area contributed by atoms with Crippen LogP contribution in [0.25, 0.3) is 0 Å². The second-order valence-electron chi connectivity index (χ2n) is 5.12. The van der Waals surface area contributed by atoms with E-state index >= 15 is 0 Å². The van der Waals surface area contributed by atoms with E-state index in [-0.39, 0.29) is 12.1 Å². The molecule has 19 heavy (non-hydrogen) atoms. The Morgan fingerprint density at radius 3 is 2.84 bits per heavy atom. The first-order valence-electron chi connectivity index (χ1n) is 7.10. The minimum Gasteiger partial charge on any atom is -0.394 e. The van der Waals surface area contributed by atoms with E-state index in [0.717, 1.165) is 43.0 Å². The van der Waals surface area contributed by atoms with Gasteiger partial charge in [-0.2, -0.15) is 0 Å². The molecule has 1 rings (SSSR count). The summed E-state index contributed by atoms with van der Waals surface area (Å²) in [7, 11) is 0. The van der Waals surface area contributed by atoms with Gasteiger partial charge in [-0.3, -0.25) is 0 Å². The Kier molecular flexibility index (Phi) is 8.10. The fraction of sp³-hybridized carbons (Fsp3) is 0.667. The van der Waals surface area contributed by atoms with E-state index in [2.05, 4.69) is 24.1 Å². The number of pyridine rings is 1. The number of nitrogens with one attached hydrogen (secondary N) is 1. The highest BCUT2D eigenvalue weighted by atomic mass is 32.2. The summed E-state index contributed by atoms with van der Waals surface area (Å²) in [5.41, 5.74) is -0.119. The molecule has 2 N–H and O–H groups in total. The van der Waals surface area contributed by atoms with Gasteiger partial charge in [-0.1, -0.05) is 19.4 Å². The van der Waals surface area contributed by atoms with Gasteiger partial charge in [-0.25, -0.2) is 4.98 Å². The normalized spacial score (nSPS) is 14.3. The monoisotopic (exact) mass is 282 g/mol. The van der Waals surface area contributed by atoms with Crippen LogP contribution in [0.5, 0.6) is 0 Å². The standard InChI is InChI=1S/C15H26N2OS/c1-3-10-17-15(2,13-18)9-5-7-12-19-14-8-4-6-11-16-14/h4,6,8,11,17-18H,3,5,7,9-10,12-13H2,1-2H3. The summed E-state index contributed by atoms with van der Waals surface area (Å²) >= 11 is 1.80. The highest BCUT2D eigenvalue weighted by Crippen LogP contribution is 2.19. The summed E-state index contributed by atoms with van der Waals surface area (Å²) in [6.45, 7) is 5.43. The Labute approximate surface area is 121 Å². The van der Waals surface area contributed by atoms with Crippen molar-refractivity contribution in [2.75, 3.05) is 18.9 Å². The number of aliphatic hydroxyl groups is 1. The van der Waals surface area contributed by atoms with Crippen LogP contribution in [0.1, 0.15) is 39.5 Å². The minimum absolute atomic E-state index is 0.119. The zero-order valence-corrected chi connectivity index (χ0v) is 12.9. The van der Waals surface area contributed by atoms with E-state index < -0.39 is 0 Å². The molecule has 0 amide bonds. The van der Waals surface area contributed by atoms with Crippen molar-refractivity contribution in [2.24, 2.45) is 0 Å². The van der Waals surface area contributed by atoms with Gasteiger partial charge in [0, 0.05) is 11.7 Å². The van der Waals surface area contributed by atoms with Crippen LogP contribution in [0.2, 0.25) is 0 Å². The Balaban J connectivity index is 2.15. The first-order chi connectivity index (χ1) is 9.20. The van der Waals surface area contributed by atoms with E-state index in [9.17, 15) is 5.11 Å².